The minimum Gasteiger partial charge on any atom is -0.493 e. The van der Waals surface area contributed by atoms with Crippen LogP contribution < -0.4 is 31.7 Å². The Hall–Kier alpha value is -4.41. The quantitative estimate of drug-likeness (QED) is 0.263. The van der Waals surface area contributed by atoms with Gasteiger partial charge in [-0.1, -0.05) is 0 Å². The van der Waals surface area contributed by atoms with Gasteiger partial charge >= 0.3 is 11.8 Å². The van der Waals surface area contributed by atoms with Crippen molar-refractivity contribution in [1.29, 1.82) is 0 Å². The Labute approximate surface area is 171 Å². The number of hydrogen-bond acceptors (Lipinski definition) is 7. The number of carbonyl (C=O) groups is 4. The van der Waals surface area contributed by atoms with Crippen LogP contribution in [0, 0.1) is 0 Å². The van der Waals surface area contributed by atoms with Gasteiger partial charge in [-0.15, -0.1) is 0 Å². The van der Waals surface area contributed by atoms with Crippen molar-refractivity contribution in [2.75, 3.05) is 19.0 Å². The highest BCUT2D eigenvalue weighted by Gasteiger charge is 2.13. The Bertz CT molecular complexity index is 987. The maximum Gasteiger partial charge on any atom is 0.329 e. The summed E-state index contributed by atoms with van der Waals surface area (Å²) in [6.45, 7) is -0.305. The number of ether oxygens (including phenoxy) is 2. The first-order valence-electron chi connectivity index (χ1n) is 8.43. The number of primary amides is 2. The molecule has 2 aromatic rings. The Balaban J connectivity index is 1.93. The molecule has 0 heterocycles. The third kappa shape index (κ3) is 6.34. The first kappa shape index (κ1) is 21.9. The first-order chi connectivity index (χ1) is 14.3. The van der Waals surface area contributed by atoms with Crippen LogP contribution in [0.3, 0.4) is 0 Å². The molecule has 156 valence electrons. The lowest BCUT2D eigenvalue weighted by Crippen LogP contribution is -2.32. The smallest absolute Gasteiger partial charge is 0.329 e. The van der Waals surface area contributed by atoms with Gasteiger partial charge in [0, 0.05) is 11.3 Å². The summed E-state index contributed by atoms with van der Waals surface area (Å²) in [4.78, 5) is 45.5. The molecule has 0 aromatic heterocycles. The van der Waals surface area contributed by atoms with Crippen molar-refractivity contribution in [3.05, 3.63) is 53.6 Å². The summed E-state index contributed by atoms with van der Waals surface area (Å²) in [5, 5.41) is 6.06. The molecule has 0 fully saturated rings. The highest BCUT2D eigenvalue weighted by Crippen LogP contribution is 2.27. The lowest BCUT2D eigenvalue weighted by Gasteiger charge is -2.09. The second-order valence-electron chi connectivity index (χ2n) is 5.76. The molecule has 0 aliphatic carbocycles. The highest BCUT2D eigenvalue weighted by molar-refractivity contribution is 6.39. The summed E-state index contributed by atoms with van der Waals surface area (Å²) in [7, 11) is 1.41. The normalized spacial score (nSPS) is 10.3. The van der Waals surface area contributed by atoms with Gasteiger partial charge in [0.25, 0.3) is 5.91 Å². The van der Waals surface area contributed by atoms with Gasteiger partial charge in [-0.25, -0.2) is 5.43 Å². The van der Waals surface area contributed by atoms with Gasteiger partial charge in [-0.2, -0.15) is 5.10 Å². The van der Waals surface area contributed by atoms with E-state index in [0.717, 1.165) is 0 Å². The van der Waals surface area contributed by atoms with E-state index in [1.54, 1.807) is 12.1 Å². The predicted octanol–water partition coefficient (Wildman–Crippen LogP) is -0.253. The molecule has 0 bridgehead atoms. The van der Waals surface area contributed by atoms with Crippen LogP contribution in [-0.4, -0.2) is 43.6 Å². The number of carbonyl (C=O) groups excluding carboxylic acids is 4. The number of hydrazone groups is 1. The molecule has 0 aliphatic rings. The zero-order chi connectivity index (χ0) is 22.1. The summed E-state index contributed by atoms with van der Waals surface area (Å²) in [6, 6.07) is 10.4. The minimum atomic E-state index is -1.00. The van der Waals surface area contributed by atoms with Gasteiger partial charge in [0.1, 0.15) is 0 Å². The van der Waals surface area contributed by atoms with Crippen molar-refractivity contribution < 1.29 is 28.7 Å². The van der Waals surface area contributed by atoms with Crippen molar-refractivity contribution in [3.63, 3.8) is 0 Å². The van der Waals surface area contributed by atoms with Crippen molar-refractivity contribution >= 4 is 35.5 Å². The monoisotopic (exact) mass is 413 g/mol. The third-order valence-electron chi connectivity index (χ3n) is 3.57. The molecule has 30 heavy (non-hydrogen) atoms. The van der Waals surface area contributed by atoms with Gasteiger partial charge in [-0.05, 0) is 48.0 Å². The molecule has 11 heteroatoms. The number of nitrogens with one attached hydrogen (secondary N) is 2. The molecule has 4 amide bonds. The fourth-order valence-electron chi connectivity index (χ4n) is 2.15. The predicted molar refractivity (Wildman–Crippen MR) is 107 cm³/mol. The van der Waals surface area contributed by atoms with Crippen LogP contribution >= 0.6 is 0 Å². The average Bonchev–Trinajstić information content (AvgIpc) is 2.72. The fraction of sp³-hybridized carbons (Fsp3) is 0.105. The SMILES string of the molecule is COc1cc(/C=N/NC(=O)C(=O)Nc2ccc(C(N)=O)cc2)ccc1OCC(N)=O. The van der Waals surface area contributed by atoms with Gasteiger partial charge < -0.3 is 26.3 Å². The summed E-state index contributed by atoms with van der Waals surface area (Å²) in [5.74, 6) is -2.57. The highest BCUT2D eigenvalue weighted by atomic mass is 16.5. The third-order valence-corrected chi connectivity index (χ3v) is 3.57. The van der Waals surface area contributed by atoms with Crippen molar-refractivity contribution in [2.45, 2.75) is 0 Å². The van der Waals surface area contributed by atoms with Gasteiger partial charge in [0.05, 0.1) is 13.3 Å². The summed E-state index contributed by atoms with van der Waals surface area (Å²) < 4.78 is 10.4. The Kier molecular flexibility index (Phi) is 7.46. The van der Waals surface area contributed by atoms with Gasteiger partial charge in [-0.3, -0.25) is 19.2 Å². The van der Waals surface area contributed by atoms with Crippen LogP contribution in [-0.2, 0) is 14.4 Å². The van der Waals surface area contributed by atoms with Gasteiger partial charge in [0.2, 0.25) is 5.91 Å². The lowest BCUT2D eigenvalue weighted by molar-refractivity contribution is -0.136. The molecule has 2 rings (SSSR count). The maximum absolute atomic E-state index is 11.9. The summed E-state index contributed by atoms with van der Waals surface area (Å²) >= 11 is 0. The minimum absolute atomic E-state index is 0.267. The number of anilines is 1. The Morgan fingerprint density at radius 2 is 1.70 bits per heavy atom. The molecule has 0 unspecified atom stereocenters. The lowest BCUT2D eigenvalue weighted by atomic mass is 10.2. The van der Waals surface area contributed by atoms with Crippen molar-refractivity contribution in [1.82, 2.24) is 5.43 Å². The number of benzene rings is 2. The molecule has 0 radical (unpaired) electrons. The van der Waals surface area contributed by atoms with E-state index in [4.69, 9.17) is 20.9 Å². The zero-order valence-corrected chi connectivity index (χ0v) is 15.9. The number of nitrogens with two attached hydrogens (primary N) is 2. The largest absolute Gasteiger partial charge is 0.493 e. The van der Waals surface area contributed by atoms with Gasteiger partial charge in [0.15, 0.2) is 18.1 Å². The fourth-order valence-corrected chi connectivity index (χ4v) is 2.15. The Morgan fingerprint density at radius 3 is 2.30 bits per heavy atom. The Morgan fingerprint density at radius 1 is 1.00 bits per heavy atom. The molecular formula is C19H19N5O6. The van der Waals surface area contributed by atoms with E-state index in [-0.39, 0.29) is 12.2 Å². The van der Waals surface area contributed by atoms with Crippen molar-refractivity contribution in [3.8, 4) is 11.5 Å². The van der Waals surface area contributed by atoms with E-state index in [9.17, 15) is 19.2 Å². The van der Waals surface area contributed by atoms with Crippen LogP contribution in [0.1, 0.15) is 15.9 Å². The van der Waals surface area contributed by atoms with Crippen LogP contribution in [0.15, 0.2) is 47.6 Å². The van der Waals surface area contributed by atoms with Crippen LogP contribution in [0.2, 0.25) is 0 Å². The molecule has 11 nitrogen and oxygen atoms in total. The molecular weight excluding hydrogens is 394 g/mol. The number of methoxy groups -OCH3 is 1. The van der Waals surface area contributed by atoms with E-state index in [1.165, 1.54) is 43.7 Å². The molecule has 0 saturated carbocycles. The number of hydrogen-bond donors (Lipinski definition) is 4. The molecule has 6 N–H and O–H groups in total. The van der Waals surface area contributed by atoms with Crippen LogP contribution in [0.5, 0.6) is 11.5 Å². The first-order valence-corrected chi connectivity index (χ1v) is 8.43. The topological polar surface area (TPSA) is 175 Å². The molecule has 0 aliphatic heterocycles. The second kappa shape index (κ2) is 10.2. The summed E-state index contributed by atoms with van der Waals surface area (Å²) in [6.07, 6.45) is 1.28. The summed E-state index contributed by atoms with van der Waals surface area (Å²) in [5.41, 5.74) is 13.3. The zero-order valence-electron chi connectivity index (χ0n) is 15.9. The standard InChI is InChI=1S/C19H19N5O6/c1-29-15-8-11(2-7-14(15)30-10-16(20)25)9-22-24-19(28)18(27)23-13-5-3-12(4-6-13)17(21)26/h2-9H,10H2,1H3,(H2,20,25)(H2,21,26)(H,23,27)(H,24,28)/b22-9+. The number of amides is 4. The van der Waals surface area contributed by atoms with E-state index in [2.05, 4.69) is 15.8 Å². The molecule has 2 aromatic carbocycles. The maximum atomic E-state index is 11.9. The van der Waals surface area contributed by atoms with E-state index in [0.29, 0.717) is 22.7 Å². The van der Waals surface area contributed by atoms with E-state index >= 15 is 0 Å². The number of nitrogens with zero attached hydrogens (tertiary/aromatic N) is 1. The van der Waals surface area contributed by atoms with Crippen LogP contribution in [0.25, 0.3) is 0 Å². The second-order valence-corrected chi connectivity index (χ2v) is 5.76. The molecule has 0 atom stereocenters. The van der Waals surface area contributed by atoms with Crippen molar-refractivity contribution in [2.24, 2.45) is 16.6 Å². The molecule has 0 spiro atoms. The van der Waals surface area contributed by atoms with E-state index < -0.39 is 23.6 Å². The number of rotatable bonds is 8. The average molecular weight is 413 g/mol. The van der Waals surface area contributed by atoms with E-state index in [1.807, 2.05) is 0 Å². The van der Waals surface area contributed by atoms with Crippen LogP contribution in [0.4, 0.5) is 5.69 Å². The molecule has 0 saturated heterocycles.